The third-order valence-electron chi connectivity index (χ3n) is 2.03. The minimum atomic E-state index is -0.349. The Bertz CT molecular complexity index is 215. The topological polar surface area (TPSA) is 26.3 Å². The molecule has 2 nitrogen and oxygen atoms in total. The third-order valence-corrected chi connectivity index (χ3v) is 2.03. The minimum absolute atomic E-state index is 0.0787. The van der Waals surface area contributed by atoms with E-state index in [2.05, 4.69) is 6.58 Å². The van der Waals surface area contributed by atoms with E-state index in [-0.39, 0.29) is 11.6 Å². The lowest BCUT2D eigenvalue weighted by Gasteiger charge is -2.28. The number of hydrogen-bond acceptors (Lipinski definition) is 2. The van der Waals surface area contributed by atoms with E-state index in [1.54, 1.807) is 0 Å². The van der Waals surface area contributed by atoms with E-state index >= 15 is 0 Å². The zero-order valence-corrected chi connectivity index (χ0v) is 8.72. The molecule has 1 fully saturated rings. The molecule has 0 atom stereocenters. The van der Waals surface area contributed by atoms with E-state index in [0.717, 1.165) is 12.8 Å². The highest BCUT2D eigenvalue weighted by Crippen LogP contribution is 2.34. The molecule has 74 valence electrons. The molecule has 0 aromatic rings. The van der Waals surface area contributed by atoms with Crippen LogP contribution in [0.2, 0.25) is 0 Å². The van der Waals surface area contributed by atoms with Crippen LogP contribution in [0, 0.1) is 5.92 Å². The monoisotopic (exact) mass is 182 g/mol. The highest BCUT2D eigenvalue weighted by molar-refractivity contribution is 5.70. The van der Waals surface area contributed by atoms with Crippen LogP contribution in [0.5, 0.6) is 0 Å². The molecule has 0 spiro atoms. The Kier molecular flexibility index (Phi) is 2.79. The Balaban J connectivity index is 2.22. The maximum absolute atomic E-state index is 11.3. The molecular weight excluding hydrogens is 164 g/mol. The average Bonchev–Trinajstić information content (AvgIpc) is 1.79. The van der Waals surface area contributed by atoms with Gasteiger partial charge in [-0.25, -0.2) is 0 Å². The standard InChI is InChI=1S/C11H18O2/c1-8-5-9(6-8)7-10(12)13-11(2,3)4/h9H,1,5-7H2,2-4H3. The first-order chi connectivity index (χ1) is 5.87. The van der Waals surface area contributed by atoms with Gasteiger partial charge in [-0.05, 0) is 39.5 Å². The van der Waals surface area contributed by atoms with Gasteiger partial charge in [0.1, 0.15) is 5.60 Å². The van der Waals surface area contributed by atoms with Gasteiger partial charge in [0.15, 0.2) is 0 Å². The van der Waals surface area contributed by atoms with Gasteiger partial charge in [-0.3, -0.25) is 4.79 Å². The zero-order valence-electron chi connectivity index (χ0n) is 8.72. The summed E-state index contributed by atoms with van der Waals surface area (Å²) in [5.41, 5.74) is 0.909. The van der Waals surface area contributed by atoms with E-state index < -0.39 is 0 Å². The normalized spacial score (nSPS) is 18.2. The lowest BCUT2D eigenvalue weighted by Crippen LogP contribution is -2.27. The van der Waals surface area contributed by atoms with Gasteiger partial charge in [0.2, 0.25) is 0 Å². The number of carbonyl (C=O) groups excluding carboxylic acids is 1. The van der Waals surface area contributed by atoms with E-state index in [1.165, 1.54) is 5.57 Å². The van der Waals surface area contributed by atoms with Gasteiger partial charge in [-0.15, -0.1) is 0 Å². The van der Waals surface area contributed by atoms with Crippen molar-refractivity contribution in [2.75, 3.05) is 0 Å². The fraction of sp³-hybridized carbons (Fsp3) is 0.727. The number of carbonyl (C=O) groups is 1. The molecule has 0 N–H and O–H groups in total. The maximum Gasteiger partial charge on any atom is 0.306 e. The number of hydrogen-bond donors (Lipinski definition) is 0. The SMILES string of the molecule is C=C1CC(CC(=O)OC(C)(C)C)C1. The second-order valence-corrected chi connectivity index (χ2v) is 4.81. The minimum Gasteiger partial charge on any atom is -0.460 e. The molecule has 0 heterocycles. The van der Waals surface area contributed by atoms with Crippen LogP contribution in [-0.2, 0) is 9.53 Å². The lowest BCUT2D eigenvalue weighted by molar-refractivity contribution is -0.156. The molecule has 0 aliphatic heterocycles. The summed E-state index contributed by atoms with van der Waals surface area (Å²) >= 11 is 0. The first-order valence-corrected chi connectivity index (χ1v) is 4.75. The number of ether oxygens (including phenoxy) is 1. The van der Waals surface area contributed by atoms with Crippen molar-refractivity contribution in [2.24, 2.45) is 5.92 Å². The first kappa shape index (κ1) is 10.3. The summed E-state index contributed by atoms with van der Waals surface area (Å²) < 4.78 is 5.21. The Hall–Kier alpha value is -0.790. The highest BCUT2D eigenvalue weighted by atomic mass is 16.6. The van der Waals surface area contributed by atoms with Crippen LogP contribution in [0.25, 0.3) is 0 Å². The molecule has 0 bridgehead atoms. The molecule has 0 aromatic carbocycles. The van der Waals surface area contributed by atoms with E-state index in [1.807, 2.05) is 20.8 Å². The van der Waals surface area contributed by atoms with Crippen LogP contribution < -0.4 is 0 Å². The Labute approximate surface area is 80.0 Å². The molecular formula is C11H18O2. The van der Waals surface area contributed by atoms with E-state index in [9.17, 15) is 4.79 Å². The van der Waals surface area contributed by atoms with Crippen molar-refractivity contribution < 1.29 is 9.53 Å². The third kappa shape index (κ3) is 3.62. The molecule has 1 rings (SSSR count). The van der Waals surface area contributed by atoms with Crippen molar-refractivity contribution in [2.45, 2.75) is 45.6 Å². The average molecular weight is 182 g/mol. The Morgan fingerprint density at radius 3 is 2.46 bits per heavy atom. The largest absolute Gasteiger partial charge is 0.460 e. The summed E-state index contributed by atoms with van der Waals surface area (Å²) in [7, 11) is 0. The van der Waals surface area contributed by atoms with Crippen LogP contribution in [-0.4, -0.2) is 11.6 Å². The lowest BCUT2D eigenvalue weighted by atomic mass is 9.79. The van der Waals surface area contributed by atoms with Gasteiger partial charge >= 0.3 is 5.97 Å². The summed E-state index contributed by atoms with van der Waals surface area (Å²) in [4.78, 5) is 11.3. The predicted octanol–water partition coefficient (Wildman–Crippen LogP) is 2.68. The molecule has 0 radical (unpaired) electrons. The number of esters is 1. The second-order valence-electron chi connectivity index (χ2n) is 4.81. The summed E-state index contributed by atoms with van der Waals surface area (Å²) in [5.74, 6) is 0.410. The number of rotatable bonds is 2. The maximum atomic E-state index is 11.3. The van der Waals surface area contributed by atoms with Crippen LogP contribution in [0.15, 0.2) is 12.2 Å². The number of allylic oxidation sites excluding steroid dienone is 1. The van der Waals surface area contributed by atoms with Gasteiger partial charge in [-0.2, -0.15) is 0 Å². The van der Waals surface area contributed by atoms with Crippen LogP contribution in [0.3, 0.4) is 0 Å². The Morgan fingerprint density at radius 2 is 2.08 bits per heavy atom. The van der Waals surface area contributed by atoms with Gasteiger partial charge in [0, 0.05) is 6.42 Å². The zero-order chi connectivity index (χ0) is 10.1. The van der Waals surface area contributed by atoms with Crippen molar-refractivity contribution in [3.8, 4) is 0 Å². The van der Waals surface area contributed by atoms with Crippen molar-refractivity contribution in [3.05, 3.63) is 12.2 Å². The van der Waals surface area contributed by atoms with Gasteiger partial charge in [0.25, 0.3) is 0 Å². The van der Waals surface area contributed by atoms with Crippen molar-refractivity contribution in [1.29, 1.82) is 0 Å². The predicted molar refractivity (Wildman–Crippen MR) is 52.3 cm³/mol. The summed E-state index contributed by atoms with van der Waals surface area (Å²) in [6.45, 7) is 9.52. The summed E-state index contributed by atoms with van der Waals surface area (Å²) in [6, 6.07) is 0. The van der Waals surface area contributed by atoms with Crippen molar-refractivity contribution in [3.63, 3.8) is 0 Å². The van der Waals surface area contributed by atoms with Gasteiger partial charge < -0.3 is 4.74 Å². The van der Waals surface area contributed by atoms with Crippen LogP contribution in [0.1, 0.15) is 40.0 Å². The summed E-state index contributed by atoms with van der Waals surface area (Å²) in [5, 5.41) is 0. The van der Waals surface area contributed by atoms with Gasteiger partial charge in [-0.1, -0.05) is 12.2 Å². The molecule has 13 heavy (non-hydrogen) atoms. The molecule has 2 heteroatoms. The summed E-state index contributed by atoms with van der Waals surface area (Å²) in [6.07, 6.45) is 2.55. The van der Waals surface area contributed by atoms with Crippen molar-refractivity contribution >= 4 is 5.97 Å². The highest BCUT2D eigenvalue weighted by Gasteiger charge is 2.26. The molecule has 0 aromatic heterocycles. The Morgan fingerprint density at radius 1 is 1.54 bits per heavy atom. The van der Waals surface area contributed by atoms with Crippen LogP contribution >= 0.6 is 0 Å². The molecule has 0 saturated heterocycles. The first-order valence-electron chi connectivity index (χ1n) is 4.75. The van der Waals surface area contributed by atoms with Crippen LogP contribution in [0.4, 0.5) is 0 Å². The fourth-order valence-corrected chi connectivity index (χ4v) is 1.52. The molecule has 0 unspecified atom stereocenters. The molecule has 1 aliphatic carbocycles. The van der Waals surface area contributed by atoms with Gasteiger partial charge in [0.05, 0.1) is 0 Å². The molecule has 1 saturated carbocycles. The fourth-order valence-electron chi connectivity index (χ4n) is 1.52. The molecule has 0 amide bonds. The quantitative estimate of drug-likeness (QED) is 0.485. The molecule has 1 aliphatic rings. The second kappa shape index (κ2) is 3.52. The van der Waals surface area contributed by atoms with Crippen molar-refractivity contribution in [1.82, 2.24) is 0 Å². The smallest absolute Gasteiger partial charge is 0.306 e. The van der Waals surface area contributed by atoms with E-state index in [0.29, 0.717) is 12.3 Å². The van der Waals surface area contributed by atoms with E-state index in [4.69, 9.17) is 4.74 Å².